The van der Waals surface area contributed by atoms with Crippen molar-refractivity contribution in [3.8, 4) is 11.5 Å². The minimum atomic E-state index is -0.356. The van der Waals surface area contributed by atoms with E-state index >= 15 is 0 Å². The Morgan fingerprint density at radius 3 is 2.36 bits per heavy atom. The summed E-state index contributed by atoms with van der Waals surface area (Å²) < 4.78 is 6.14. The van der Waals surface area contributed by atoms with Crippen molar-refractivity contribution in [2.45, 2.75) is 19.8 Å². The third kappa shape index (κ3) is 2.53. The van der Waals surface area contributed by atoms with E-state index in [0.29, 0.717) is 0 Å². The van der Waals surface area contributed by atoms with Crippen LogP contribution in [0.15, 0.2) is 77.9 Å². The molecule has 0 fully saturated rings. The maximum absolute atomic E-state index is 13.5. The van der Waals surface area contributed by atoms with Crippen LogP contribution in [0.3, 0.4) is 0 Å². The first-order chi connectivity index (χ1) is 13.6. The number of hydrazone groups is 1. The fourth-order valence-corrected chi connectivity index (χ4v) is 4.20. The van der Waals surface area contributed by atoms with Gasteiger partial charge in [-0.3, -0.25) is 4.79 Å². The number of anilines is 1. The van der Waals surface area contributed by atoms with Crippen molar-refractivity contribution < 1.29 is 9.53 Å². The molecular weight excluding hydrogens is 348 g/mol. The van der Waals surface area contributed by atoms with Gasteiger partial charge >= 0.3 is 0 Å². The Morgan fingerprint density at radius 1 is 0.821 bits per heavy atom. The minimum Gasteiger partial charge on any atom is -0.457 e. The molecule has 0 aliphatic carbocycles. The smallest absolute Gasteiger partial charge is 0.257 e. The standard InChI is InChI=1S/C24H20N2O2/c1-15-12-13-21-19(14-15)23(18-10-6-7-11-20(18)28-21)22-16(2)25-26(24(22)27)17-8-4-3-5-9-17/h3-14,22-23H,1-2H3. The molecule has 138 valence electrons. The largest absolute Gasteiger partial charge is 0.457 e. The second kappa shape index (κ2) is 6.34. The van der Waals surface area contributed by atoms with Crippen molar-refractivity contribution in [2.24, 2.45) is 11.0 Å². The van der Waals surface area contributed by atoms with E-state index in [9.17, 15) is 4.79 Å². The van der Waals surface area contributed by atoms with Crippen molar-refractivity contribution >= 4 is 17.3 Å². The van der Waals surface area contributed by atoms with E-state index in [-0.39, 0.29) is 17.7 Å². The quantitative estimate of drug-likeness (QED) is 0.618. The van der Waals surface area contributed by atoms with E-state index in [1.165, 1.54) is 5.01 Å². The Hall–Kier alpha value is -3.40. The number of hydrogen-bond donors (Lipinski definition) is 0. The average molecular weight is 368 g/mol. The molecule has 2 heterocycles. The number of fused-ring (bicyclic) bond motifs is 2. The van der Waals surface area contributed by atoms with Crippen molar-refractivity contribution in [2.75, 3.05) is 5.01 Å². The number of amides is 1. The van der Waals surface area contributed by atoms with Crippen LogP contribution >= 0.6 is 0 Å². The third-order valence-electron chi connectivity index (χ3n) is 5.49. The molecule has 0 radical (unpaired) electrons. The molecule has 0 bridgehead atoms. The monoisotopic (exact) mass is 368 g/mol. The van der Waals surface area contributed by atoms with Gasteiger partial charge in [0.1, 0.15) is 11.5 Å². The molecule has 0 spiro atoms. The normalized spacial score (nSPS) is 20.3. The van der Waals surface area contributed by atoms with Gasteiger partial charge in [0, 0.05) is 22.8 Å². The van der Waals surface area contributed by atoms with Crippen molar-refractivity contribution in [3.63, 3.8) is 0 Å². The number of ether oxygens (including phenoxy) is 1. The minimum absolute atomic E-state index is 0.00198. The SMILES string of the molecule is CC1=NN(c2ccccc2)C(=O)C1C1c2ccccc2Oc2ccc(C)cc21. The lowest BCUT2D eigenvalue weighted by Crippen LogP contribution is -2.33. The van der Waals surface area contributed by atoms with E-state index < -0.39 is 0 Å². The number of aryl methyl sites for hydroxylation is 1. The number of para-hydroxylation sites is 2. The highest BCUT2D eigenvalue weighted by molar-refractivity contribution is 6.15. The zero-order chi connectivity index (χ0) is 19.3. The van der Waals surface area contributed by atoms with E-state index in [1.54, 1.807) is 0 Å². The lowest BCUT2D eigenvalue weighted by Gasteiger charge is -2.31. The summed E-state index contributed by atoms with van der Waals surface area (Å²) in [6, 6.07) is 23.7. The molecule has 2 aliphatic rings. The van der Waals surface area contributed by atoms with Crippen LogP contribution in [0.1, 0.15) is 29.5 Å². The third-order valence-corrected chi connectivity index (χ3v) is 5.49. The molecule has 0 saturated heterocycles. The van der Waals surface area contributed by atoms with Crippen molar-refractivity contribution in [1.82, 2.24) is 0 Å². The molecule has 0 aromatic heterocycles. The molecule has 2 atom stereocenters. The molecule has 28 heavy (non-hydrogen) atoms. The van der Waals surface area contributed by atoms with Crippen LogP contribution in [0.2, 0.25) is 0 Å². The summed E-state index contributed by atoms with van der Waals surface area (Å²) >= 11 is 0. The number of carbonyl (C=O) groups excluding carboxylic acids is 1. The molecule has 0 N–H and O–H groups in total. The number of nitrogens with zero attached hydrogens (tertiary/aromatic N) is 2. The van der Waals surface area contributed by atoms with Crippen molar-refractivity contribution in [3.05, 3.63) is 89.5 Å². The fraction of sp³-hybridized carbons (Fsp3) is 0.167. The predicted molar refractivity (Wildman–Crippen MR) is 110 cm³/mol. The molecule has 2 aliphatic heterocycles. The zero-order valence-corrected chi connectivity index (χ0v) is 15.8. The van der Waals surface area contributed by atoms with E-state index in [4.69, 9.17) is 4.74 Å². The van der Waals surface area contributed by atoms with Crippen LogP contribution < -0.4 is 9.75 Å². The molecule has 1 amide bonds. The van der Waals surface area contributed by atoms with E-state index in [1.807, 2.05) is 67.6 Å². The Labute approximate surface area is 164 Å². The highest BCUT2D eigenvalue weighted by Crippen LogP contribution is 2.49. The molecule has 2 unspecified atom stereocenters. The van der Waals surface area contributed by atoms with E-state index in [2.05, 4.69) is 24.2 Å². The number of carbonyl (C=O) groups is 1. The first kappa shape index (κ1) is 16.8. The van der Waals surface area contributed by atoms with Crippen LogP contribution in [-0.4, -0.2) is 11.6 Å². The van der Waals surface area contributed by atoms with Crippen LogP contribution in [0.25, 0.3) is 0 Å². The van der Waals surface area contributed by atoms with Gasteiger partial charge in [0.25, 0.3) is 5.91 Å². The van der Waals surface area contributed by atoms with Crippen LogP contribution in [-0.2, 0) is 4.79 Å². The molecular formula is C24H20N2O2. The number of rotatable bonds is 2. The fourth-order valence-electron chi connectivity index (χ4n) is 4.20. The summed E-state index contributed by atoms with van der Waals surface area (Å²) in [6.07, 6.45) is 0. The maximum Gasteiger partial charge on any atom is 0.257 e. The molecule has 4 nitrogen and oxygen atoms in total. The van der Waals surface area contributed by atoms with Gasteiger partial charge in [-0.1, -0.05) is 54.1 Å². The Morgan fingerprint density at radius 2 is 1.54 bits per heavy atom. The average Bonchev–Trinajstić information content (AvgIpc) is 3.01. The highest BCUT2D eigenvalue weighted by atomic mass is 16.5. The van der Waals surface area contributed by atoms with Gasteiger partial charge in [-0.25, -0.2) is 5.01 Å². The van der Waals surface area contributed by atoms with Crippen LogP contribution in [0.5, 0.6) is 11.5 Å². The highest BCUT2D eigenvalue weighted by Gasteiger charge is 2.44. The van der Waals surface area contributed by atoms with Gasteiger partial charge in [-0.2, -0.15) is 5.10 Å². The Balaban J connectivity index is 1.65. The maximum atomic E-state index is 13.5. The topological polar surface area (TPSA) is 41.9 Å². The summed E-state index contributed by atoms with van der Waals surface area (Å²) in [4.78, 5) is 13.5. The van der Waals surface area contributed by atoms with Crippen LogP contribution in [0.4, 0.5) is 5.69 Å². The molecule has 0 saturated carbocycles. The van der Waals surface area contributed by atoms with Gasteiger partial charge in [-0.15, -0.1) is 0 Å². The van der Waals surface area contributed by atoms with Gasteiger partial charge in [0.2, 0.25) is 0 Å². The van der Waals surface area contributed by atoms with Gasteiger partial charge in [0.05, 0.1) is 11.6 Å². The Bertz CT molecular complexity index is 1100. The number of hydrogen-bond acceptors (Lipinski definition) is 3. The lowest BCUT2D eigenvalue weighted by molar-refractivity contribution is -0.120. The van der Waals surface area contributed by atoms with Crippen molar-refractivity contribution in [1.29, 1.82) is 0 Å². The van der Waals surface area contributed by atoms with Gasteiger partial charge in [0.15, 0.2) is 0 Å². The van der Waals surface area contributed by atoms with Crippen LogP contribution in [0, 0.1) is 12.8 Å². The molecule has 3 aromatic rings. The first-order valence-electron chi connectivity index (χ1n) is 9.45. The summed E-state index contributed by atoms with van der Waals surface area (Å²) in [5, 5.41) is 6.16. The second-order valence-electron chi connectivity index (χ2n) is 7.36. The zero-order valence-electron chi connectivity index (χ0n) is 15.8. The molecule has 4 heteroatoms. The van der Waals surface area contributed by atoms with Gasteiger partial charge in [-0.05, 0) is 38.1 Å². The first-order valence-corrected chi connectivity index (χ1v) is 9.45. The summed E-state index contributed by atoms with van der Waals surface area (Å²) in [5.41, 5.74) is 4.83. The van der Waals surface area contributed by atoms with E-state index in [0.717, 1.165) is 39.6 Å². The summed E-state index contributed by atoms with van der Waals surface area (Å²) in [6.45, 7) is 4.00. The summed E-state index contributed by atoms with van der Waals surface area (Å²) in [7, 11) is 0. The summed E-state index contributed by atoms with van der Waals surface area (Å²) in [5.74, 6) is 1.14. The lowest BCUT2D eigenvalue weighted by atomic mass is 9.76. The predicted octanol–water partition coefficient (Wildman–Crippen LogP) is 5.27. The Kier molecular flexibility index (Phi) is 3.79. The number of benzene rings is 3. The van der Waals surface area contributed by atoms with Gasteiger partial charge < -0.3 is 4.74 Å². The molecule has 3 aromatic carbocycles. The second-order valence-corrected chi connectivity index (χ2v) is 7.36. The molecule has 5 rings (SSSR count).